The lowest BCUT2D eigenvalue weighted by Crippen LogP contribution is -2.32. The molecule has 0 spiro atoms. The number of carbonyl (C=O) groups is 1. The van der Waals surface area contributed by atoms with Gasteiger partial charge in [0.15, 0.2) is 10.5 Å². The summed E-state index contributed by atoms with van der Waals surface area (Å²) in [4.78, 5) is 24.6. The molecule has 240 valence electrons. The Balaban J connectivity index is 1.70. The maximum Gasteiger partial charge on any atom is 0.412 e. The Morgan fingerprint density at radius 3 is 2.11 bits per heavy atom. The van der Waals surface area contributed by atoms with E-state index in [9.17, 15) is 17.7 Å². The summed E-state index contributed by atoms with van der Waals surface area (Å²) in [6, 6.07) is 14.7. The molecule has 14 heteroatoms. The van der Waals surface area contributed by atoms with Crippen LogP contribution in [-0.4, -0.2) is 58.0 Å². The molecule has 0 bridgehead atoms. The Kier molecular flexibility index (Phi) is 8.95. The first kappa shape index (κ1) is 32.7. The van der Waals surface area contributed by atoms with E-state index in [1.807, 2.05) is 0 Å². The number of aromatic nitrogens is 3. The molecule has 1 amide bonds. The highest BCUT2D eigenvalue weighted by molar-refractivity contribution is 7.90. The quantitative estimate of drug-likeness (QED) is 0.158. The lowest BCUT2D eigenvalue weighted by atomic mass is 10.1. The summed E-state index contributed by atoms with van der Waals surface area (Å²) >= 11 is 0. The Morgan fingerprint density at radius 1 is 0.957 bits per heavy atom. The third-order valence-corrected chi connectivity index (χ3v) is 10.2. The zero-order valence-electron chi connectivity index (χ0n) is 26.1. The highest BCUT2D eigenvalue weighted by atomic mass is 32.2. The standard InChI is InChI=1S/C32H33FN4O7SSi/c1-18-23(33)15-24(34-31(38)44-32(2,3)4)27-25(18)26-28(35-27)36-30(46(41)17-20-9-13-22(43-6)14-10-20)37-29(26)45(39,40)16-19-7-11-21(42-5)12-8-19/h7-15H,16-17H2,1-6H3,(H,34,38)(H,35,36,37). The van der Waals surface area contributed by atoms with Gasteiger partial charge in [-0.05, 0) is 74.7 Å². The number of sulfone groups is 1. The molecule has 2 aromatic heterocycles. The maximum atomic E-state index is 15.4. The lowest BCUT2D eigenvalue weighted by molar-refractivity contribution is 0.0636. The number of fused-ring (bicyclic) bond motifs is 3. The third kappa shape index (κ3) is 6.92. The van der Waals surface area contributed by atoms with Crippen LogP contribution >= 0.6 is 0 Å². The molecule has 5 rings (SSSR count). The number of rotatable bonds is 9. The molecule has 0 radical (unpaired) electrons. The minimum Gasteiger partial charge on any atom is -0.497 e. The maximum absolute atomic E-state index is 15.4. The first-order valence-corrected chi connectivity index (χ1v) is 17.5. The van der Waals surface area contributed by atoms with Crippen molar-refractivity contribution in [2.45, 2.75) is 50.1 Å². The number of anilines is 1. The van der Waals surface area contributed by atoms with Gasteiger partial charge in [-0.2, -0.15) is 0 Å². The summed E-state index contributed by atoms with van der Waals surface area (Å²) in [6.07, 6.45) is -0.834. The topological polar surface area (TPSA) is 150 Å². The normalized spacial score (nSPS) is 11.9. The number of methoxy groups -OCH3 is 2. The molecule has 5 aromatic rings. The fourth-order valence-corrected chi connectivity index (χ4v) is 7.77. The third-order valence-electron chi connectivity index (χ3n) is 7.11. The Hall–Kier alpha value is -4.69. The van der Waals surface area contributed by atoms with Crippen LogP contribution in [0, 0.1) is 12.7 Å². The Bertz CT molecular complexity index is 2080. The molecule has 0 fully saturated rings. The Labute approximate surface area is 266 Å². The van der Waals surface area contributed by atoms with Gasteiger partial charge in [0.2, 0.25) is 9.84 Å². The molecule has 0 aliphatic rings. The van der Waals surface area contributed by atoms with E-state index in [4.69, 9.17) is 14.2 Å². The highest BCUT2D eigenvalue weighted by Crippen LogP contribution is 2.37. The summed E-state index contributed by atoms with van der Waals surface area (Å²) in [5.74, 6) is 0.0313. The second kappa shape index (κ2) is 12.6. The van der Waals surface area contributed by atoms with E-state index in [2.05, 4.69) is 20.3 Å². The van der Waals surface area contributed by atoms with Crippen LogP contribution in [0.4, 0.5) is 14.9 Å². The van der Waals surface area contributed by atoms with Crippen LogP contribution in [0.2, 0.25) is 0 Å². The van der Waals surface area contributed by atoms with Crippen LogP contribution in [0.25, 0.3) is 21.9 Å². The lowest BCUT2D eigenvalue weighted by Gasteiger charge is -2.20. The van der Waals surface area contributed by atoms with Gasteiger partial charge in [0.1, 0.15) is 28.6 Å². The number of nitrogens with one attached hydrogen (secondary N) is 2. The second-order valence-electron chi connectivity index (χ2n) is 11.7. The largest absolute Gasteiger partial charge is 0.497 e. The van der Waals surface area contributed by atoms with Gasteiger partial charge in [-0.25, -0.2) is 27.6 Å². The number of carbonyl (C=O) groups excluding carboxylic acids is 1. The van der Waals surface area contributed by atoms with Gasteiger partial charge in [-0.15, -0.1) is 0 Å². The molecule has 0 saturated heterocycles. The zero-order valence-corrected chi connectivity index (χ0v) is 28.0. The van der Waals surface area contributed by atoms with Crippen LogP contribution < -0.4 is 20.2 Å². The van der Waals surface area contributed by atoms with E-state index >= 15 is 4.39 Å². The van der Waals surface area contributed by atoms with Crippen molar-refractivity contribution in [2.24, 2.45) is 0 Å². The van der Waals surface area contributed by atoms with Crippen LogP contribution in [0.1, 0.15) is 37.5 Å². The molecule has 0 unspecified atom stereocenters. The predicted octanol–water partition coefficient (Wildman–Crippen LogP) is 5.31. The van der Waals surface area contributed by atoms with Gasteiger partial charge in [0.05, 0.1) is 36.6 Å². The molecule has 2 N–H and O–H groups in total. The number of hydrogen-bond donors (Lipinski definition) is 2. The fourth-order valence-electron chi connectivity index (χ4n) is 4.94. The van der Waals surface area contributed by atoms with Crippen LogP contribution in [0.5, 0.6) is 11.5 Å². The number of ether oxygens (including phenoxy) is 3. The second-order valence-corrected chi connectivity index (χ2v) is 15.2. The van der Waals surface area contributed by atoms with Crippen molar-refractivity contribution in [1.82, 2.24) is 15.0 Å². The number of aromatic amines is 1. The zero-order chi connectivity index (χ0) is 33.4. The molecule has 0 aliphatic carbocycles. The van der Waals surface area contributed by atoms with Crippen molar-refractivity contribution in [1.29, 1.82) is 0 Å². The minimum atomic E-state index is -4.23. The monoisotopic (exact) mass is 664 g/mol. The summed E-state index contributed by atoms with van der Waals surface area (Å²) in [5.41, 5.74) is 0.545. The van der Waals surface area contributed by atoms with E-state index < -0.39 is 46.8 Å². The average molecular weight is 665 g/mol. The number of H-pyrrole nitrogens is 1. The van der Waals surface area contributed by atoms with Crippen LogP contribution in [0.15, 0.2) is 59.6 Å². The van der Waals surface area contributed by atoms with E-state index in [1.165, 1.54) is 21.1 Å². The molecule has 46 heavy (non-hydrogen) atoms. The first-order valence-electron chi connectivity index (χ1n) is 14.2. The number of halogens is 1. The minimum absolute atomic E-state index is 0.0105. The fraction of sp³-hybridized carbons (Fsp3) is 0.281. The highest BCUT2D eigenvalue weighted by Gasteiger charge is 2.30. The van der Waals surface area contributed by atoms with E-state index in [0.29, 0.717) is 17.1 Å². The van der Waals surface area contributed by atoms with Gasteiger partial charge in [0, 0.05) is 11.4 Å². The van der Waals surface area contributed by atoms with Crippen molar-refractivity contribution in [2.75, 3.05) is 19.5 Å². The first-order chi connectivity index (χ1) is 21.7. The molecule has 3 aromatic carbocycles. The smallest absolute Gasteiger partial charge is 0.412 e. The van der Waals surface area contributed by atoms with Gasteiger partial charge in [-0.1, -0.05) is 24.3 Å². The van der Waals surface area contributed by atoms with E-state index in [0.717, 1.165) is 11.6 Å². The number of aryl methyl sites for hydroxylation is 1. The molecule has 11 nitrogen and oxygen atoms in total. The SMILES string of the molecule is COc1ccc(C[Si](=O)c2nc(S(=O)(=O)Cc3ccc(OC)cc3)c3c(n2)[nH]c2c(NC(=O)OC(C)(C)C)cc(F)c(C)c23)cc1. The number of hydrogen-bond acceptors (Lipinski definition) is 9. The van der Waals surface area contributed by atoms with Gasteiger partial charge < -0.3 is 23.7 Å². The Morgan fingerprint density at radius 2 is 1.54 bits per heavy atom. The summed E-state index contributed by atoms with van der Waals surface area (Å²) in [7, 11) is -3.96. The molecule has 0 aliphatic heterocycles. The van der Waals surface area contributed by atoms with Gasteiger partial charge in [-0.3, -0.25) is 5.32 Å². The summed E-state index contributed by atoms with van der Waals surface area (Å²) in [5, 5.41) is 2.33. The molecule has 0 saturated carbocycles. The number of benzene rings is 3. The molecule has 2 heterocycles. The average Bonchev–Trinajstić information content (AvgIpc) is 3.39. The van der Waals surface area contributed by atoms with E-state index in [-0.39, 0.29) is 44.7 Å². The van der Waals surface area contributed by atoms with Crippen molar-refractivity contribution < 1.29 is 36.3 Å². The van der Waals surface area contributed by atoms with Crippen LogP contribution in [0.3, 0.4) is 0 Å². The van der Waals surface area contributed by atoms with E-state index in [1.54, 1.807) is 69.3 Å². The molecular weight excluding hydrogens is 632 g/mol. The van der Waals surface area contributed by atoms with Crippen molar-refractivity contribution in [3.63, 3.8) is 0 Å². The molecular formula is C32H33FN4O7SSi. The van der Waals surface area contributed by atoms with Gasteiger partial charge >= 0.3 is 14.8 Å². The predicted molar refractivity (Wildman–Crippen MR) is 173 cm³/mol. The van der Waals surface area contributed by atoms with Crippen LogP contribution in [-0.2, 0) is 30.8 Å². The van der Waals surface area contributed by atoms with Gasteiger partial charge in [0.25, 0.3) is 0 Å². The number of amides is 1. The molecule has 0 atom stereocenters. The van der Waals surface area contributed by atoms with Crippen molar-refractivity contribution in [3.05, 3.63) is 77.1 Å². The summed E-state index contributed by atoms with van der Waals surface area (Å²) in [6.45, 7) is 6.55. The van der Waals surface area contributed by atoms with Crippen molar-refractivity contribution in [3.8, 4) is 11.5 Å². The number of nitrogens with zero attached hydrogens (tertiary/aromatic N) is 2. The summed E-state index contributed by atoms with van der Waals surface area (Å²) < 4.78 is 73.0. The van der Waals surface area contributed by atoms with Crippen molar-refractivity contribution >= 4 is 57.7 Å².